The van der Waals surface area contributed by atoms with Crippen LogP contribution in [0.25, 0.3) is 0 Å². The number of ether oxygens (including phenoxy) is 1. The van der Waals surface area contributed by atoms with Crippen molar-refractivity contribution in [1.29, 1.82) is 0 Å². The van der Waals surface area contributed by atoms with Crippen LogP contribution in [0.4, 0.5) is 5.69 Å². The normalized spacial score (nSPS) is 10.2. The molecule has 0 amide bonds. The lowest BCUT2D eigenvalue weighted by atomic mass is 10.2. The minimum Gasteiger partial charge on any atom is -0.465 e. The Balaban J connectivity index is 2.35. The molecule has 0 aliphatic heterocycles. The first-order valence-electron chi connectivity index (χ1n) is 5.83. The number of rotatable bonds is 3. The van der Waals surface area contributed by atoms with Crippen molar-refractivity contribution in [3.05, 3.63) is 53.6 Å². The standard InChI is InChI=1S/C15H15NO2S/c1-10-7-8-14(12(16)9-10)19-13-6-4-3-5-11(13)15(17)18-2/h3-9H,16H2,1-2H3. The highest BCUT2D eigenvalue weighted by atomic mass is 32.2. The molecule has 0 bridgehead atoms. The Bertz CT molecular complexity index is 611. The zero-order valence-corrected chi connectivity index (χ0v) is 11.7. The third-order valence-corrected chi connectivity index (χ3v) is 3.85. The van der Waals surface area contributed by atoms with Crippen molar-refractivity contribution in [2.75, 3.05) is 12.8 Å². The molecule has 98 valence electrons. The average Bonchev–Trinajstić information content (AvgIpc) is 2.41. The van der Waals surface area contributed by atoms with Crippen LogP contribution in [-0.2, 0) is 4.74 Å². The van der Waals surface area contributed by atoms with Gasteiger partial charge in [-0.1, -0.05) is 30.0 Å². The number of benzene rings is 2. The van der Waals surface area contributed by atoms with Crippen LogP contribution in [0.2, 0.25) is 0 Å². The topological polar surface area (TPSA) is 52.3 Å². The van der Waals surface area contributed by atoms with Gasteiger partial charge in [0.05, 0.1) is 12.7 Å². The lowest BCUT2D eigenvalue weighted by Crippen LogP contribution is -2.02. The first-order chi connectivity index (χ1) is 9.11. The number of carbonyl (C=O) groups excluding carboxylic acids is 1. The van der Waals surface area contributed by atoms with E-state index in [1.807, 2.05) is 43.3 Å². The highest BCUT2D eigenvalue weighted by molar-refractivity contribution is 7.99. The Morgan fingerprint density at radius 3 is 2.58 bits per heavy atom. The summed E-state index contributed by atoms with van der Waals surface area (Å²) < 4.78 is 4.78. The zero-order valence-electron chi connectivity index (χ0n) is 10.8. The molecule has 0 aliphatic rings. The number of aryl methyl sites for hydroxylation is 1. The van der Waals surface area contributed by atoms with Crippen molar-refractivity contribution in [3.63, 3.8) is 0 Å². The van der Waals surface area contributed by atoms with E-state index in [2.05, 4.69) is 0 Å². The molecule has 0 aliphatic carbocycles. The van der Waals surface area contributed by atoms with Crippen molar-refractivity contribution in [3.8, 4) is 0 Å². The van der Waals surface area contributed by atoms with E-state index in [1.54, 1.807) is 6.07 Å². The van der Waals surface area contributed by atoms with Crippen LogP contribution in [0.3, 0.4) is 0 Å². The zero-order chi connectivity index (χ0) is 13.8. The molecule has 0 saturated heterocycles. The van der Waals surface area contributed by atoms with Gasteiger partial charge < -0.3 is 10.5 Å². The number of methoxy groups -OCH3 is 1. The van der Waals surface area contributed by atoms with Crippen LogP contribution >= 0.6 is 11.8 Å². The summed E-state index contributed by atoms with van der Waals surface area (Å²) in [6, 6.07) is 13.2. The summed E-state index contributed by atoms with van der Waals surface area (Å²) in [6.45, 7) is 1.99. The van der Waals surface area contributed by atoms with Gasteiger partial charge in [0.25, 0.3) is 0 Å². The second kappa shape index (κ2) is 5.80. The van der Waals surface area contributed by atoms with Crippen molar-refractivity contribution in [2.45, 2.75) is 16.7 Å². The highest BCUT2D eigenvalue weighted by Gasteiger charge is 2.12. The van der Waals surface area contributed by atoms with E-state index in [9.17, 15) is 4.79 Å². The molecule has 0 fully saturated rings. The lowest BCUT2D eigenvalue weighted by Gasteiger charge is -2.09. The number of nitrogens with two attached hydrogens (primary N) is 1. The summed E-state index contributed by atoms with van der Waals surface area (Å²) in [5, 5.41) is 0. The van der Waals surface area contributed by atoms with E-state index >= 15 is 0 Å². The maximum Gasteiger partial charge on any atom is 0.339 e. The second-order valence-electron chi connectivity index (χ2n) is 4.13. The number of carbonyl (C=O) groups is 1. The molecule has 0 heterocycles. The van der Waals surface area contributed by atoms with Crippen LogP contribution < -0.4 is 5.73 Å². The quantitative estimate of drug-likeness (QED) is 0.686. The third kappa shape index (κ3) is 3.09. The van der Waals surface area contributed by atoms with Gasteiger partial charge in [0, 0.05) is 15.5 Å². The summed E-state index contributed by atoms with van der Waals surface area (Å²) in [6.07, 6.45) is 0. The first kappa shape index (κ1) is 13.5. The van der Waals surface area contributed by atoms with E-state index < -0.39 is 0 Å². The van der Waals surface area contributed by atoms with Crippen LogP contribution in [0.5, 0.6) is 0 Å². The molecule has 3 nitrogen and oxygen atoms in total. The van der Waals surface area contributed by atoms with E-state index in [1.165, 1.54) is 18.9 Å². The molecule has 19 heavy (non-hydrogen) atoms. The minimum atomic E-state index is -0.339. The van der Waals surface area contributed by atoms with Crippen LogP contribution in [-0.4, -0.2) is 13.1 Å². The van der Waals surface area contributed by atoms with Crippen LogP contribution in [0.15, 0.2) is 52.3 Å². The molecule has 2 aromatic rings. The number of nitrogen functional groups attached to an aromatic ring is 1. The summed E-state index contributed by atoms with van der Waals surface area (Å²) in [5.74, 6) is -0.339. The summed E-state index contributed by atoms with van der Waals surface area (Å²) in [7, 11) is 1.38. The van der Waals surface area contributed by atoms with Gasteiger partial charge in [0.2, 0.25) is 0 Å². The molecule has 0 atom stereocenters. The highest BCUT2D eigenvalue weighted by Crippen LogP contribution is 2.34. The Morgan fingerprint density at radius 2 is 1.89 bits per heavy atom. The molecular formula is C15H15NO2S. The number of hydrogen-bond donors (Lipinski definition) is 1. The molecule has 2 rings (SSSR count). The van der Waals surface area contributed by atoms with Gasteiger partial charge in [-0.2, -0.15) is 0 Å². The van der Waals surface area contributed by atoms with Gasteiger partial charge in [-0.05, 0) is 36.8 Å². The van der Waals surface area contributed by atoms with Gasteiger partial charge in [0.1, 0.15) is 0 Å². The average molecular weight is 273 g/mol. The fourth-order valence-electron chi connectivity index (χ4n) is 1.71. The Labute approximate surface area is 116 Å². The van der Waals surface area contributed by atoms with E-state index in [0.717, 1.165) is 15.4 Å². The molecular weight excluding hydrogens is 258 g/mol. The van der Waals surface area contributed by atoms with Gasteiger partial charge in [-0.25, -0.2) is 4.79 Å². The van der Waals surface area contributed by atoms with Crippen molar-refractivity contribution in [1.82, 2.24) is 0 Å². The molecule has 0 spiro atoms. The molecule has 0 aromatic heterocycles. The largest absolute Gasteiger partial charge is 0.465 e. The Kier molecular flexibility index (Phi) is 4.12. The minimum absolute atomic E-state index is 0.339. The smallest absolute Gasteiger partial charge is 0.339 e. The van der Waals surface area contributed by atoms with Crippen LogP contribution in [0, 0.1) is 6.92 Å². The maximum atomic E-state index is 11.7. The van der Waals surface area contributed by atoms with Gasteiger partial charge in [0.15, 0.2) is 0 Å². The summed E-state index contributed by atoms with van der Waals surface area (Å²) >= 11 is 1.47. The van der Waals surface area contributed by atoms with E-state index in [0.29, 0.717) is 11.3 Å². The molecule has 2 aromatic carbocycles. The second-order valence-corrected chi connectivity index (χ2v) is 5.21. The predicted octanol–water partition coefficient (Wildman–Crippen LogP) is 3.52. The van der Waals surface area contributed by atoms with E-state index in [-0.39, 0.29) is 5.97 Å². The van der Waals surface area contributed by atoms with Gasteiger partial charge in [-0.15, -0.1) is 0 Å². The monoisotopic (exact) mass is 273 g/mol. The number of hydrogen-bond acceptors (Lipinski definition) is 4. The Morgan fingerprint density at radius 1 is 1.16 bits per heavy atom. The fraction of sp³-hybridized carbons (Fsp3) is 0.133. The molecule has 0 saturated carbocycles. The maximum absolute atomic E-state index is 11.7. The number of esters is 1. The molecule has 2 N–H and O–H groups in total. The van der Waals surface area contributed by atoms with Crippen molar-refractivity contribution < 1.29 is 9.53 Å². The van der Waals surface area contributed by atoms with Crippen molar-refractivity contribution in [2.24, 2.45) is 0 Å². The molecule has 0 radical (unpaired) electrons. The van der Waals surface area contributed by atoms with Crippen LogP contribution in [0.1, 0.15) is 15.9 Å². The number of anilines is 1. The summed E-state index contributed by atoms with van der Waals surface area (Å²) in [4.78, 5) is 13.5. The Hall–Kier alpha value is -1.94. The van der Waals surface area contributed by atoms with E-state index in [4.69, 9.17) is 10.5 Å². The van der Waals surface area contributed by atoms with Gasteiger partial charge in [-0.3, -0.25) is 0 Å². The fourth-order valence-corrected chi connectivity index (χ4v) is 2.67. The third-order valence-electron chi connectivity index (χ3n) is 2.68. The van der Waals surface area contributed by atoms with Gasteiger partial charge >= 0.3 is 5.97 Å². The first-order valence-corrected chi connectivity index (χ1v) is 6.65. The van der Waals surface area contributed by atoms with Crippen molar-refractivity contribution >= 4 is 23.4 Å². The SMILES string of the molecule is COC(=O)c1ccccc1Sc1ccc(C)cc1N. The predicted molar refractivity (Wildman–Crippen MR) is 77.5 cm³/mol. The lowest BCUT2D eigenvalue weighted by molar-refractivity contribution is 0.0597. The summed E-state index contributed by atoms with van der Waals surface area (Å²) in [5.41, 5.74) is 8.37. The molecule has 4 heteroatoms. The molecule has 0 unspecified atom stereocenters.